The van der Waals surface area contributed by atoms with Crippen LogP contribution in [0.25, 0.3) is 10.7 Å². The van der Waals surface area contributed by atoms with Gasteiger partial charge < -0.3 is 9.84 Å². The van der Waals surface area contributed by atoms with Crippen molar-refractivity contribution in [3.05, 3.63) is 77.0 Å². The fourth-order valence-electron chi connectivity index (χ4n) is 2.95. The number of benzene rings is 2. The molecule has 0 fully saturated rings. The SMILES string of the molecule is Cc1ccc(Sc2ccc(NC(=O)CCc3nc(-c4cccs4)no3)cc2)c(C)c1. The van der Waals surface area contributed by atoms with Gasteiger partial charge in [0.15, 0.2) is 0 Å². The van der Waals surface area contributed by atoms with Gasteiger partial charge in [-0.15, -0.1) is 11.3 Å². The van der Waals surface area contributed by atoms with Crippen LogP contribution < -0.4 is 5.32 Å². The lowest BCUT2D eigenvalue weighted by atomic mass is 10.2. The van der Waals surface area contributed by atoms with Gasteiger partial charge >= 0.3 is 0 Å². The van der Waals surface area contributed by atoms with Gasteiger partial charge in [0.1, 0.15) is 0 Å². The average Bonchev–Trinajstić information content (AvgIpc) is 3.41. The minimum absolute atomic E-state index is 0.0827. The maximum atomic E-state index is 12.3. The Bertz CT molecular complexity index is 1140. The standard InChI is InChI=1S/C23H21N3O2S2/c1-15-5-10-19(16(2)14-15)30-18-8-6-17(7-9-18)24-21(27)11-12-22-25-23(26-28-22)20-4-3-13-29-20/h3-10,13-14H,11-12H2,1-2H3,(H,24,27). The number of nitrogens with zero attached hydrogens (tertiary/aromatic N) is 2. The lowest BCUT2D eigenvalue weighted by Crippen LogP contribution is -2.12. The van der Waals surface area contributed by atoms with E-state index < -0.39 is 0 Å². The van der Waals surface area contributed by atoms with Crippen molar-refractivity contribution in [1.29, 1.82) is 0 Å². The van der Waals surface area contributed by atoms with Crippen molar-refractivity contribution < 1.29 is 9.32 Å². The molecule has 0 saturated carbocycles. The molecule has 0 aliphatic rings. The first-order chi connectivity index (χ1) is 14.6. The minimum atomic E-state index is -0.0827. The molecule has 1 N–H and O–H groups in total. The van der Waals surface area contributed by atoms with Gasteiger partial charge in [-0.1, -0.05) is 40.7 Å². The molecule has 1 amide bonds. The molecular formula is C23H21N3O2S2. The summed E-state index contributed by atoms with van der Waals surface area (Å²) in [4.78, 5) is 19.9. The summed E-state index contributed by atoms with van der Waals surface area (Å²) in [6.07, 6.45) is 0.690. The molecule has 7 heteroatoms. The summed E-state index contributed by atoms with van der Waals surface area (Å²) < 4.78 is 5.24. The Kier molecular flexibility index (Phi) is 6.30. The molecule has 0 aliphatic heterocycles. The highest BCUT2D eigenvalue weighted by Crippen LogP contribution is 2.31. The third kappa shape index (κ3) is 5.17. The summed E-state index contributed by atoms with van der Waals surface area (Å²) in [5.41, 5.74) is 3.30. The molecule has 0 atom stereocenters. The van der Waals surface area contributed by atoms with Gasteiger partial charge in [0.2, 0.25) is 17.6 Å². The van der Waals surface area contributed by atoms with Gasteiger partial charge in [0.25, 0.3) is 0 Å². The number of carbonyl (C=O) groups excluding carboxylic acids is 1. The average molecular weight is 436 g/mol. The largest absolute Gasteiger partial charge is 0.339 e. The molecule has 4 rings (SSSR count). The van der Waals surface area contributed by atoms with E-state index in [1.807, 2.05) is 41.8 Å². The number of hydrogen-bond donors (Lipinski definition) is 1. The van der Waals surface area contributed by atoms with Crippen molar-refractivity contribution in [2.24, 2.45) is 0 Å². The van der Waals surface area contributed by atoms with E-state index >= 15 is 0 Å². The molecule has 0 radical (unpaired) electrons. The fraction of sp³-hybridized carbons (Fsp3) is 0.174. The Hall–Kier alpha value is -2.90. The Morgan fingerprint density at radius 3 is 2.70 bits per heavy atom. The van der Waals surface area contributed by atoms with Gasteiger partial charge in [-0.25, -0.2) is 0 Å². The van der Waals surface area contributed by atoms with Gasteiger partial charge in [0.05, 0.1) is 4.88 Å². The first-order valence-corrected chi connectivity index (χ1v) is 11.3. The zero-order chi connectivity index (χ0) is 20.9. The van der Waals surface area contributed by atoms with Crippen LogP contribution >= 0.6 is 23.1 Å². The predicted molar refractivity (Wildman–Crippen MR) is 121 cm³/mol. The number of thiophene rings is 1. The van der Waals surface area contributed by atoms with Gasteiger partial charge in [0, 0.05) is 28.3 Å². The number of aryl methyl sites for hydroxylation is 3. The number of carbonyl (C=O) groups is 1. The maximum absolute atomic E-state index is 12.3. The highest BCUT2D eigenvalue weighted by Gasteiger charge is 2.11. The number of amides is 1. The quantitative estimate of drug-likeness (QED) is 0.378. The molecule has 30 heavy (non-hydrogen) atoms. The van der Waals surface area contributed by atoms with Crippen molar-refractivity contribution in [2.45, 2.75) is 36.5 Å². The molecular weight excluding hydrogens is 414 g/mol. The van der Waals surface area contributed by atoms with E-state index in [1.165, 1.54) is 16.0 Å². The van der Waals surface area contributed by atoms with Crippen LogP contribution in [0.5, 0.6) is 0 Å². The molecule has 0 aliphatic carbocycles. The third-order valence-corrected chi connectivity index (χ3v) is 6.52. The highest BCUT2D eigenvalue weighted by molar-refractivity contribution is 7.99. The molecule has 2 heterocycles. The van der Waals surface area contributed by atoms with Crippen LogP contribution in [-0.4, -0.2) is 16.0 Å². The zero-order valence-electron chi connectivity index (χ0n) is 16.7. The maximum Gasteiger partial charge on any atom is 0.227 e. The van der Waals surface area contributed by atoms with Crippen LogP contribution in [0.4, 0.5) is 5.69 Å². The summed E-state index contributed by atoms with van der Waals surface area (Å²) in [6, 6.07) is 18.2. The Morgan fingerprint density at radius 1 is 1.13 bits per heavy atom. The molecule has 2 aromatic heterocycles. The van der Waals surface area contributed by atoms with Crippen LogP contribution in [0.2, 0.25) is 0 Å². The van der Waals surface area contributed by atoms with E-state index in [2.05, 4.69) is 47.5 Å². The molecule has 0 spiro atoms. The molecule has 4 aromatic rings. The number of rotatable bonds is 7. The summed E-state index contributed by atoms with van der Waals surface area (Å²) in [5, 5.41) is 8.85. The lowest BCUT2D eigenvalue weighted by Gasteiger charge is -2.08. The van der Waals surface area contributed by atoms with Crippen LogP contribution in [0.3, 0.4) is 0 Å². The minimum Gasteiger partial charge on any atom is -0.339 e. The Labute approximate surface area is 183 Å². The van der Waals surface area contributed by atoms with Crippen molar-refractivity contribution >= 4 is 34.7 Å². The van der Waals surface area contributed by atoms with Crippen molar-refractivity contribution in [3.63, 3.8) is 0 Å². The van der Waals surface area contributed by atoms with Crippen LogP contribution in [0.15, 0.2) is 74.3 Å². The Balaban J connectivity index is 1.29. The van der Waals surface area contributed by atoms with Gasteiger partial charge in [-0.2, -0.15) is 4.98 Å². The van der Waals surface area contributed by atoms with Crippen molar-refractivity contribution in [3.8, 4) is 10.7 Å². The fourth-order valence-corrected chi connectivity index (χ4v) is 4.48. The van der Waals surface area contributed by atoms with E-state index in [0.717, 1.165) is 15.5 Å². The first-order valence-electron chi connectivity index (χ1n) is 9.58. The molecule has 5 nitrogen and oxygen atoms in total. The summed E-state index contributed by atoms with van der Waals surface area (Å²) in [7, 11) is 0. The van der Waals surface area contributed by atoms with E-state index in [4.69, 9.17) is 4.52 Å². The second kappa shape index (κ2) is 9.28. The molecule has 0 bridgehead atoms. The first kappa shape index (κ1) is 20.4. The second-order valence-corrected chi connectivity index (χ2v) is 9.00. The number of anilines is 1. The van der Waals surface area contributed by atoms with Gasteiger partial charge in [-0.3, -0.25) is 4.79 Å². The predicted octanol–water partition coefficient (Wildman–Crippen LogP) is 6.14. The number of nitrogens with one attached hydrogen (secondary N) is 1. The van der Waals surface area contributed by atoms with E-state index in [0.29, 0.717) is 18.1 Å². The number of aromatic nitrogens is 2. The molecule has 152 valence electrons. The van der Waals surface area contributed by atoms with Gasteiger partial charge in [-0.05, 0) is 61.2 Å². The highest BCUT2D eigenvalue weighted by atomic mass is 32.2. The topological polar surface area (TPSA) is 68.0 Å². The zero-order valence-corrected chi connectivity index (χ0v) is 18.3. The lowest BCUT2D eigenvalue weighted by molar-refractivity contribution is -0.116. The smallest absolute Gasteiger partial charge is 0.227 e. The summed E-state index contributed by atoms with van der Waals surface area (Å²) in [6.45, 7) is 4.22. The molecule has 0 saturated heterocycles. The van der Waals surface area contributed by atoms with Crippen LogP contribution in [0.1, 0.15) is 23.4 Å². The summed E-state index contributed by atoms with van der Waals surface area (Å²) >= 11 is 3.27. The van der Waals surface area contributed by atoms with E-state index in [1.54, 1.807) is 23.1 Å². The normalized spacial score (nSPS) is 10.9. The summed E-state index contributed by atoms with van der Waals surface area (Å²) in [5.74, 6) is 0.951. The second-order valence-electron chi connectivity index (χ2n) is 6.93. The van der Waals surface area contributed by atoms with Crippen molar-refractivity contribution in [2.75, 3.05) is 5.32 Å². The van der Waals surface area contributed by atoms with E-state index in [-0.39, 0.29) is 12.3 Å². The third-order valence-electron chi connectivity index (χ3n) is 4.47. The van der Waals surface area contributed by atoms with Crippen LogP contribution in [-0.2, 0) is 11.2 Å². The van der Waals surface area contributed by atoms with Crippen LogP contribution in [0, 0.1) is 13.8 Å². The van der Waals surface area contributed by atoms with Crippen molar-refractivity contribution in [1.82, 2.24) is 10.1 Å². The Morgan fingerprint density at radius 2 is 1.97 bits per heavy atom. The molecule has 0 unspecified atom stereocenters. The van der Waals surface area contributed by atoms with E-state index in [9.17, 15) is 4.79 Å². The molecule has 2 aromatic carbocycles. The number of hydrogen-bond acceptors (Lipinski definition) is 6. The monoisotopic (exact) mass is 435 g/mol.